The van der Waals surface area contributed by atoms with Crippen LogP contribution < -0.4 is 19.5 Å². The van der Waals surface area contributed by atoms with E-state index in [4.69, 9.17) is 25.8 Å². The summed E-state index contributed by atoms with van der Waals surface area (Å²) >= 11 is 5.86. The van der Waals surface area contributed by atoms with E-state index in [1.165, 1.54) is 6.92 Å². The molecular formula is C17H14ClNO5. The van der Waals surface area contributed by atoms with Gasteiger partial charge in [0.1, 0.15) is 5.75 Å². The Hall–Kier alpha value is -2.73. The molecule has 3 rings (SSSR count). The highest BCUT2D eigenvalue weighted by Crippen LogP contribution is 2.37. The fourth-order valence-corrected chi connectivity index (χ4v) is 2.41. The van der Waals surface area contributed by atoms with Crippen molar-refractivity contribution in [2.75, 3.05) is 18.7 Å². The zero-order valence-electron chi connectivity index (χ0n) is 12.8. The summed E-state index contributed by atoms with van der Waals surface area (Å²) < 4.78 is 15.9. The topological polar surface area (TPSA) is 73.9 Å². The van der Waals surface area contributed by atoms with Gasteiger partial charge in [0.15, 0.2) is 23.9 Å². The molecule has 1 amide bonds. The maximum Gasteiger partial charge on any atom is 0.262 e. The monoisotopic (exact) mass is 347 g/mol. The van der Waals surface area contributed by atoms with Gasteiger partial charge >= 0.3 is 0 Å². The molecule has 24 heavy (non-hydrogen) atoms. The minimum Gasteiger partial charge on any atom is -0.484 e. The summed E-state index contributed by atoms with van der Waals surface area (Å²) in [7, 11) is 0. The molecule has 0 fully saturated rings. The number of carbonyl (C=O) groups excluding carboxylic acids is 2. The molecule has 0 spiro atoms. The lowest BCUT2D eigenvalue weighted by atomic mass is 10.1. The molecule has 2 aromatic carbocycles. The molecule has 1 N–H and O–H groups in total. The van der Waals surface area contributed by atoms with Crippen LogP contribution in [0.4, 0.5) is 5.69 Å². The standard InChI is InChI=1S/C17H14ClNO5/c1-10(20)13-6-15-16(24-9-23-15)7-14(13)19-17(21)8-22-12-4-2-3-11(18)5-12/h2-7H,8-9H2,1H3,(H,19,21). The number of ketones is 1. The molecule has 1 aliphatic rings. The van der Waals surface area contributed by atoms with E-state index in [2.05, 4.69) is 5.32 Å². The number of ether oxygens (including phenoxy) is 3. The van der Waals surface area contributed by atoms with E-state index >= 15 is 0 Å². The quantitative estimate of drug-likeness (QED) is 0.840. The lowest BCUT2D eigenvalue weighted by Gasteiger charge is -2.11. The number of amides is 1. The molecule has 0 bridgehead atoms. The molecule has 7 heteroatoms. The number of fused-ring (bicyclic) bond motifs is 1. The second-order valence-electron chi connectivity index (χ2n) is 5.10. The summed E-state index contributed by atoms with van der Waals surface area (Å²) in [5.41, 5.74) is 0.696. The molecule has 0 atom stereocenters. The normalized spacial score (nSPS) is 11.9. The van der Waals surface area contributed by atoms with Crippen LogP contribution in [0.15, 0.2) is 36.4 Å². The second-order valence-corrected chi connectivity index (χ2v) is 5.54. The van der Waals surface area contributed by atoms with Crippen molar-refractivity contribution in [1.82, 2.24) is 0 Å². The molecule has 0 saturated carbocycles. The molecule has 2 aromatic rings. The Morgan fingerprint density at radius 3 is 2.67 bits per heavy atom. The van der Waals surface area contributed by atoms with Crippen LogP contribution >= 0.6 is 11.6 Å². The van der Waals surface area contributed by atoms with Crippen LogP contribution in [-0.2, 0) is 4.79 Å². The highest BCUT2D eigenvalue weighted by Gasteiger charge is 2.20. The van der Waals surface area contributed by atoms with Crippen molar-refractivity contribution in [3.63, 3.8) is 0 Å². The van der Waals surface area contributed by atoms with E-state index in [1.54, 1.807) is 36.4 Å². The summed E-state index contributed by atoms with van der Waals surface area (Å²) in [5, 5.41) is 3.17. The summed E-state index contributed by atoms with van der Waals surface area (Å²) in [6.45, 7) is 1.28. The Labute approximate surface area is 143 Å². The predicted octanol–water partition coefficient (Wildman–Crippen LogP) is 3.29. The van der Waals surface area contributed by atoms with Crippen molar-refractivity contribution < 1.29 is 23.8 Å². The number of carbonyl (C=O) groups is 2. The zero-order valence-corrected chi connectivity index (χ0v) is 13.6. The minimum atomic E-state index is -0.406. The molecule has 0 saturated heterocycles. The van der Waals surface area contributed by atoms with Gasteiger partial charge in [0.05, 0.1) is 5.69 Å². The molecule has 1 aliphatic heterocycles. The van der Waals surface area contributed by atoms with Crippen LogP contribution in [0.3, 0.4) is 0 Å². The van der Waals surface area contributed by atoms with Gasteiger partial charge in [-0.15, -0.1) is 0 Å². The van der Waals surface area contributed by atoms with Gasteiger partial charge in [0.25, 0.3) is 5.91 Å². The van der Waals surface area contributed by atoms with Crippen molar-refractivity contribution in [2.24, 2.45) is 0 Å². The average Bonchev–Trinajstić information content (AvgIpc) is 2.99. The number of nitrogens with one attached hydrogen (secondary N) is 1. The Kier molecular flexibility index (Phi) is 4.57. The third-order valence-corrected chi connectivity index (χ3v) is 3.57. The molecule has 0 aliphatic carbocycles. The minimum absolute atomic E-state index is 0.0853. The Morgan fingerprint density at radius 1 is 1.21 bits per heavy atom. The summed E-state index contributed by atoms with van der Waals surface area (Å²) in [6, 6.07) is 9.85. The SMILES string of the molecule is CC(=O)c1cc2c(cc1NC(=O)COc1cccc(Cl)c1)OCO2. The number of halogens is 1. The number of anilines is 1. The van der Waals surface area contributed by atoms with Gasteiger partial charge in [-0.25, -0.2) is 0 Å². The lowest BCUT2D eigenvalue weighted by Crippen LogP contribution is -2.21. The Bertz CT molecular complexity index is 806. The van der Waals surface area contributed by atoms with Crippen LogP contribution in [0.2, 0.25) is 5.02 Å². The number of hydrogen-bond acceptors (Lipinski definition) is 5. The second kappa shape index (κ2) is 6.80. The third-order valence-electron chi connectivity index (χ3n) is 3.33. The fraction of sp³-hybridized carbons (Fsp3) is 0.176. The molecule has 6 nitrogen and oxygen atoms in total. The largest absolute Gasteiger partial charge is 0.484 e. The smallest absolute Gasteiger partial charge is 0.262 e. The lowest BCUT2D eigenvalue weighted by molar-refractivity contribution is -0.118. The first kappa shape index (κ1) is 16.1. The Morgan fingerprint density at radius 2 is 1.96 bits per heavy atom. The molecule has 1 heterocycles. The zero-order chi connectivity index (χ0) is 17.1. The highest BCUT2D eigenvalue weighted by atomic mass is 35.5. The van der Waals surface area contributed by atoms with Gasteiger partial charge < -0.3 is 19.5 Å². The van der Waals surface area contributed by atoms with Gasteiger partial charge in [-0.2, -0.15) is 0 Å². The number of hydrogen-bond donors (Lipinski definition) is 1. The van der Waals surface area contributed by atoms with E-state index in [9.17, 15) is 9.59 Å². The maximum absolute atomic E-state index is 12.1. The van der Waals surface area contributed by atoms with Gasteiger partial charge in [0, 0.05) is 16.7 Å². The molecule has 124 valence electrons. The van der Waals surface area contributed by atoms with Crippen LogP contribution in [-0.4, -0.2) is 25.1 Å². The van der Waals surface area contributed by atoms with Gasteiger partial charge in [-0.05, 0) is 31.2 Å². The van der Waals surface area contributed by atoms with Crippen molar-refractivity contribution in [3.05, 3.63) is 47.0 Å². The summed E-state index contributed by atoms with van der Waals surface area (Å²) in [4.78, 5) is 23.9. The van der Waals surface area contributed by atoms with E-state index < -0.39 is 5.91 Å². The number of Topliss-reactive ketones (excluding diaryl/α,β-unsaturated/α-hetero) is 1. The first-order valence-corrected chi connectivity index (χ1v) is 7.53. The highest BCUT2D eigenvalue weighted by molar-refractivity contribution is 6.30. The van der Waals surface area contributed by atoms with Crippen molar-refractivity contribution >= 4 is 29.0 Å². The first-order chi connectivity index (χ1) is 11.5. The first-order valence-electron chi connectivity index (χ1n) is 7.16. The fourth-order valence-electron chi connectivity index (χ4n) is 2.23. The van der Waals surface area contributed by atoms with Gasteiger partial charge in [-0.1, -0.05) is 17.7 Å². The van der Waals surface area contributed by atoms with Gasteiger partial charge in [0.2, 0.25) is 6.79 Å². The van der Waals surface area contributed by atoms with E-state index in [0.717, 1.165) is 0 Å². The Balaban J connectivity index is 1.71. The predicted molar refractivity (Wildman–Crippen MR) is 88.1 cm³/mol. The maximum atomic E-state index is 12.1. The van der Waals surface area contributed by atoms with E-state index in [-0.39, 0.29) is 19.2 Å². The van der Waals surface area contributed by atoms with Crippen LogP contribution in [0, 0.1) is 0 Å². The summed E-state index contributed by atoms with van der Waals surface area (Å²) in [6.07, 6.45) is 0. The van der Waals surface area contributed by atoms with Crippen molar-refractivity contribution in [1.29, 1.82) is 0 Å². The summed E-state index contributed by atoms with van der Waals surface area (Å²) in [5.74, 6) is 0.838. The van der Waals surface area contributed by atoms with Crippen LogP contribution in [0.1, 0.15) is 17.3 Å². The number of rotatable bonds is 5. The van der Waals surface area contributed by atoms with E-state index in [1.807, 2.05) is 0 Å². The molecule has 0 radical (unpaired) electrons. The third kappa shape index (κ3) is 3.60. The van der Waals surface area contributed by atoms with Crippen LogP contribution in [0.25, 0.3) is 0 Å². The van der Waals surface area contributed by atoms with Gasteiger partial charge in [-0.3, -0.25) is 9.59 Å². The van der Waals surface area contributed by atoms with Crippen molar-refractivity contribution in [3.8, 4) is 17.2 Å². The number of benzene rings is 2. The van der Waals surface area contributed by atoms with E-state index in [0.29, 0.717) is 33.5 Å². The van der Waals surface area contributed by atoms with Crippen molar-refractivity contribution in [2.45, 2.75) is 6.92 Å². The molecule has 0 unspecified atom stereocenters. The van der Waals surface area contributed by atoms with Crippen LogP contribution in [0.5, 0.6) is 17.2 Å². The average molecular weight is 348 g/mol. The molecular weight excluding hydrogens is 334 g/mol. The molecule has 0 aromatic heterocycles.